The molecule has 4 rings (SSSR count). The first-order chi connectivity index (χ1) is 14.9. The minimum Gasteiger partial charge on any atom is -0.497 e. The van der Waals surface area contributed by atoms with Crippen LogP contribution >= 0.6 is 0 Å². The summed E-state index contributed by atoms with van der Waals surface area (Å²) in [5.74, 6) is 2.84. The summed E-state index contributed by atoms with van der Waals surface area (Å²) in [5.41, 5.74) is 4.32. The number of aromatic nitrogens is 3. The van der Waals surface area contributed by atoms with Gasteiger partial charge in [0.25, 0.3) is 0 Å². The molecule has 1 N–H and O–H groups in total. The number of rotatable bonds is 6. The summed E-state index contributed by atoms with van der Waals surface area (Å²) in [6, 6.07) is 8.33. The van der Waals surface area contributed by atoms with Crippen molar-refractivity contribution in [3.8, 4) is 11.4 Å². The second-order valence-electron chi connectivity index (χ2n) is 7.98. The maximum Gasteiger partial charge on any atom is 0.158 e. The molecule has 0 aliphatic heterocycles. The Morgan fingerprint density at radius 2 is 1.74 bits per heavy atom. The molecule has 6 heteroatoms. The number of nitrogens with one attached hydrogen (secondary N) is 1. The van der Waals surface area contributed by atoms with Crippen molar-refractivity contribution >= 4 is 16.6 Å². The van der Waals surface area contributed by atoms with Gasteiger partial charge in [-0.15, -0.1) is 5.10 Å². The average molecular weight is 419 g/mol. The van der Waals surface area contributed by atoms with Crippen LogP contribution in [0.25, 0.3) is 16.5 Å². The maximum absolute atomic E-state index is 5.61. The molecule has 1 aliphatic carbocycles. The van der Waals surface area contributed by atoms with Crippen LogP contribution in [0.2, 0.25) is 0 Å². The molecule has 2 unspecified atom stereocenters. The van der Waals surface area contributed by atoms with Crippen molar-refractivity contribution in [2.75, 3.05) is 19.0 Å². The largest absolute Gasteiger partial charge is 0.497 e. The topological polar surface area (TPSA) is 61.2 Å². The molecular weight excluding hydrogens is 388 g/mol. The van der Waals surface area contributed by atoms with Gasteiger partial charge in [-0.3, -0.25) is 0 Å². The van der Waals surface area contributed by atoms with E-state index in [1.54, 1.807) is 7.11 Å². The van der Waals surface area contributed by atoms with E-state index in [2.05, 4.69) is 65.1 Å². The molecule has 0 radical (unpaired) electrons. The van der Waals surface area contributed by atoms with Gasteiger partial charge in [-0.1, -0.05) is 13.0 Å². The minimum atomic E-state index is 0.118. The molecule has 2 heterocycles. The van der Waals surface area contributed by atoms with E-state index in [1.165, 1.54) is 0 Å². The SMILES string of the molecule is CCOc1ccc(-n2c(C)c3c(C)nnc(NC4C=CC(OC)=CC4C)c3c2C)cc1. The molecule has 1 aliphatic rings. The number of hydrogen-bond donors (Lipinski definition) is 1. The normalized spacial score (nSPS) is 18.2. The molecule has 0 saturated carbocycles. The smallest absolute Gasteiger partial charge is 0.158 e. The van der Waals surface area contributed by atoms with E-state index in [4.69, 9.17) is 9.47 Å². The zero-order valence-electron chi connectivity index (χ0n) is 19.1. The molecule has 0 saturated heterocycles. The van der Waals surface area contributed by atoms with E-state index in [9.17, 15) is 0 Å². The molecule has 31 heavy (non-hydrogen) atoms. The van der Waals surface area contributed by atoms with Crippen molar-refractivity contribution in [2.45, 2.75) is 40.7 Å². The number of methoxy groups -OCH3 is 1. The number of fused-ring (bicyclic) bond motifs is 1. The van der Waals surface area contributed by atoms with Gasteiger partial charge < -0.3 is 19.4 Å². The van der Waals surface area contributed by atoms with Gasteiger partial charge in [0.2, 0.25) is 0 Å². The number of aryl methyl sites for hydroxylation is 3. The van der Waals surface area contributed by atoms with E-state index in [0.717, 1.165) is 50.9 Å². The molecule has 0 fully saturated rings. The lowest BCUT2D eigenvalue weighted by atomic mass is 9.96. The highest BCUT2D eigenvalue weighted by atomic mass is 16.5. The third kappa shape index (κ3) is 3.78. The Balaban J connectivity index is 1.77. The summed E-state index contributed by atoms with van der Waals surface area (Å²) >= 11 is 0. The zero-order chi connectivity index (χ0) is 22.1. The summed E-state index contributed by atoms with van der Waals surface area (Å²) < 4.78 is 13.2. The van der Waals surface area contributed by atoms with Gasteiger partial charge in [-0.25, -0.2) is 0 Å². The van der Waals surface area contributed by atoms with Crippen LogP contribution in [-0.2, 0) is 4.74 Å². The van der Waals surface area contributed by atoms with Gasteiger partial charge in [0.05, 0.1) is 25.5 Å². The van der Waals surface area contributed by atoms with Crippen LogP contribution in [0.4, 0.5) is 5.82 Å². The summed E-state index contributed by atoms with van der Waals surface area (Å²) in [6.45, 7) is 11.1. The summed E-state index contributed by atoms with van der Waals surface area (Å²) in [5, 5.41) is 14.9. The van der Waals surface area contributed by atoms with Gasteiger partial charge in [0.1, 0.15) is 11.5 Å². The van der Waals surface area contributed by atoms with Crippen LogP contribution < -0.4 is 10.1 Å². The quantitative estimate of drug-likeness (QED) is 0.592. The molecule has 162 valence electrons. The van der Waals surface area contributed by atoms with Gasteiger partial charge in [-0.2, -0.15) is 5.10 Å². The van der Waals surface area contributed by atoms with Gasteiger partial charge >= 0.3 is 0 Å². The molecule has 0 bridgehead atoms. The Kier molecular flexibility index (Phi) is 5.72. The Morgan fingerprint density at radius 3 is 2.39 bits per heavy atom. The maximum atomic E-state index is 5.61. The van der Waals surface area contributed by atoms with E-state index >= 15 is 0 Å². The number of ether oxygens (including phenoxy) is 2. The lowest BCUT2D eigenvalue weighted by Crippen LogP contribution is -2.27. The molecule has 1 aromatic carbocycles. The third-order valence-corrected chi connectivity index (χ3v) is 5.95. The van der Waals surface area contributed by atoms with Crippen molar-refractivity contribution in [3.63, 3.8) is 0 Å². The number of anilines is 1. The van der Waals surface area contributed by atoms with Crippen LogP contribution in [0.1, 0.15) is 30.9 Å². The lowest BCUT2D eigenvalue weighted by molar-refractivity contribution is 0.299. The van der Waals surface area contributed by atoms with Gasteiger partial charge in [-0.05, 0) is 64.1 Å². The molecule has 0 spiro atoms. The van der Waals surface area contributed by atoms with E-state index in [-0.39, 0.29) is 12.0 Å². The fraction of sp³-hybridized carbons (Fsp3) is 0.360. The number of allylic oxidation sites excluding steroid dienone is 1. The average Bonchev–Trinajstić information content (AvgIpc) is 3.03. The second kappa shape index (κ2) is 8.46. The van der Waals surface area contributed by atoms with Crippen molar-refractivity contribution in [2.24, 2.45) is 5.92 Å². The van der Waals surface area contributed by atoms with E-state index in [1.807, 2.05) is 32.1 Å². The van der Waals surface area contributed by atoms with E-state index in [0.29, 0.717) is 6.61 Å². The molecule has 2 atom stereocenters. The predicted molar refractivity (Wildman–Crippen MR) is 125 cm³/mol. The molecule has 6 nitrogen and oxygen atoms in total. The zero-order valence-corrected chi connectivity index (χ0v) is 19.1. The summed E-state index contributed by atoms with van der Waals surface area (Å²) in [4.78, 5) is 0. The van der Waals surface area contributed by atoms with Gasteiger partial charge in [0.15, 0.2) is 5.82 Å². The highest BCUT2D eigenvalue weighted by Crippen LogP contribution is 2.35. The van der Waals surface area contributed by atoms with Crippen molar-refractivity contribution in [3.05, 3.63) is 65.3 Å². The Bertz CT molecular complexity index is 1160. The first-order valence-electron chi connectivity index (χ1n) is 10.7. The highest BCUT2D eigenvalue weighted by Gasteiger charge is 2.23. The molecule has 3 aromatic rings. The number of benzene rings is 1. The Morgan fingerprint density at radius 1 is 1.03 bits per heavy atom. The fourth-order valence-corrected chi connectivity index (χ4v) is 4.41. The number of hydrogen-bond acceptors (Lipinski definition) is 5. The van der Waals surface area contributed by atoms with E-state index < -0.39 is 0 Å². The van der Waals surface area contributed by atoms with Crippen LogP contribution in [0, 0.1) is 26.7 Å². The first-order valence-corrected chi connectivity index (χ1v) is 10.7. The third-order valence-electron chi connectivity index (χ3n) is 5.95. The van der Waals surface area contributed by atoms with Crippen molar-refractivity contribution in [1.29, 1.82) is 0 Å². The van der Waals surface area contributed by atoms with Crippen molar-refractivity contribution in [1.82, 2.24) is 14.8 Å². The monoisotopic (exact) mass is 418 g/mol. The lowest BCUT2D eigenvalue weighted by Gasteiger charge is -2.24. The van der Waals surface area contributed by atoms with Crippen LogP contribution in [0.15, 0.2) is 48.3 Å². The van der Waals surface area contributed by atoms with Gasteiger partial charge in [0, 0.05) is 33.8 Å². The molecular formula is C25H30N4O2. The molecule has 2 aromatic heterocycles. The minimum absolute atomic E-state index is 0.118. The summed E-state index contributed by atoms with van der Waals surface area (Å²) in [6.07, 6.45) is 6.25. The van der Waals surface area contributed by atoms with Crippen LogP contribution in [0.3, 0.4) is 0 Å². The number of nitrogens with zero attached hydrogens (tertiary/aromatic N) is 3. The molecule has 0 amide bonds. The van der Waals surface area contributed by atoms with Crippen LogP contribution in [0.5, 0.6) is 5.75 Å². The summed E-state index contributed by atoms with van der Waals surface area (Å²) in [7, 11) is 1.70. The van der Waals surface area contributed by atoms with Crippen molar-refractivity contribution < 1.29 is 9.47 Å². The Labute approximate surface area is 183 Å². The Hall–Kier alpha value is -3.28. The first kappa shape index (κ1) is 21.0. The highest BCUT2D eigenvalue weighted by molar-refractivity contribution is 5.98. The van der Waals surface area contributed by atoms with Crippen LogP contribution in [-0.4, -0.2) is 34.5 Å². The predicted octanol–water partition coefficient (Wildman–Crippen LogP) is 5.26. The second-order valence-corrected chi connectivity index (χ2v) is 7.98. The standard InChI is InChI=1S/C25H30N4O2/c1-7-31-20-10-8-19(9-11-20)29-17(4)23-16(3)27-28-25(24(23)18(29)5)26-22-13-12-21(30-6)14-15(22)2/h8-15,22H,7H2,1-6H3,(H,26,28). The fourth-order valence-electron chi connectivity index (χ4n) is 4.41.